The van der Waals surface area contributed by atoms with E-state index < -0.39 is 0 Å². The standard InChI is InChI=1S/C18H22N2/c1-2-10-20(17-8-5-7-16(19)12-17)13-15-11-14-6-3-4-9-18(14)15/h3-9,12,15H,2,10-11,13,19H2,1H3. The minimum absolute atomic E-state index is 0.666. The summed E-state index contributed by atoms with van der Waals surface area (Å²) < 4.78 is 0. The molecule has 1 aliphatic rings. The Balaban J connectivity index is 1.76. The minimum Gasteiger partial charge on any atom is -0.399 e. The molecule has 2 heteroatoms. The fourth-order valence-corrected chi connectivity index (χ4v) is 3.11. The van der Waals surface area contributed by atoms with Crippen LogP contribution in [-0.2, 0) is 6.42 Å². The summed E-state index contributed by atoms with van der Waals surface area (Å²) in [5.41, 5.74) is 11.1. The predicted molar refractivity (Wildman–Crippen MR) is 86.2 cm³/mol. The van der Waals surface area contributed by atoms with Crippen molar-refractivity contribution >= 4 is 11.4 Å². The molecule has 2 aromatic rings. The van der Waals surface area contributed by atoms with E-state index in [0.717, 1.165) is 25.2 Å². The molecular weight excluding hydrogens is 244 g/mol. The Morgan fingerprint density at radius 1 is 1.15 bits per heavy atom. The van der Waals surface area contributed by atoms with Crippen LogP contribution < -0.4 is 10.6 Å². The van der Waals surface area contributed by atoms with Crippen molar-refractivity contribution in [2.24, 2.45) is 0 Å². The highest BCUT2D eigenvalue weighted by atomic mass is 15.1. The topological polar surface area (TPSA) is 29.3 Å². The first-order valence-electron chi connectivity index (χ1n) is 7.46. The number of nitrogens with two attached hydrogens (primary N) is 1. The van der Waals surface area contributed by atoms with Crippen LogP contribution >= 0.6 is 0 Å². The van der Waals surface area contributed by atoms with E-state index in [1.807, 2.05) is 12.1 Å². The molecule has 0 fully saturated rings. The van der Waals surface area contributed by atoms with Crippen molar-refractivity contribution in [1.82, 2.24) is 0 Å². The van der Waals surface area contributed by atoms with Gasteiger partial charge in [0.15, 0.2) is 0 Å². The highest BCUT2D eigenvalue weighted by Gasteiger charge is 2.27. The van der Waals surface area contributed by atoms with Crippen LogP contribution in [-0.4, -0.2) is 13.1 Å². The second-order valence-corrected chi connectivity index (χ2v) is 5.64. The maximum atomic E-state index is 5.92. The summed E-state index contributed by atoms with van der Waals surface area (Å²) in [6.07, 6.45) is 2.36. The van der Waals surface area contributed by atoms with Crippen LogP contribution in [0.5, 0.6) is 0 Å². The molecule has 0 aliphatic heterocycles. The minimum atomic E-state index is 0.666. The van der Waals surface area contributed by atoms with Gasteiger partial charge in [-0.3, -0.25) is 0 Å². The Morgan fingerprint density at radius 3 is 2.75 bits per heavy atom. The third-order valence-corrected chi connectivity index (χ3v) is 4.13. The zero-order valence-corrected chi connectivity index (χ0v) is 12.0. The third-order valence-electron chi connectivity index (χ3n) is 4.13. The Morgan fingerprint density at radius 2 is 2.00 bits per heavy atom. The molecule has 2 nitrogen and oxygen atoms in total. The van der Waals surface area contributed by atoms with Crippen molar-refractivity contribution in [2.75, 3.05) is 23.7 Å². The van der Waals surface area contributed by atoms with Crippen LogP contribution in [0.25, 0.3) is 0 Å². The normalized spacial score (nSPS) is 16.4. The van der Waals surface area contributed by atoms with Crippen LogP contribution in [0.15, 0.2) is 48.5 Å². The zero-order valence-electron chi connectivity index (χ0n) is 12.0. The second-order valence-electron chi connectivity index (χ2n) is 5.64. The summed E-state index contributed by atoms with van der Waals surface area (Å²) in [6.45, 7) is 4.41. The van der Waals surface area contributed by atoms with Crippen molar-refractivity contribution in [3.63, 3.8) is 0 Å². The van der Waals surface area contributed by atoms with Gasteiger partial charge >= 0.3 is 0 Å². The lowest BCUT2D eigenvalue weighted by Gasteiger charge is -2.36. The molecule has 0 spiro atoms. The molecular formula is C18H22N2. The molecule has 2 N–H and O–H groups in total. The summed E-state index contributed by atoms with van der Waals surface area (Å²) >= 11 is 0. The molecule has 1 unspecified atom stereocenters. The first-order valence-corrected chi connectivity index (χ1v) is 7.46. The molecule has 2 aromatic carbocycles. The van der Waals surface area contributed by atoms with E-state index in [4.69, 9.17) is 5.73 Å². The van der Waals surface area contributed by atoms with Crippen molar-refractivity contribution in [3.05, 3.63) is 59.7 Å². The fourth-order valence-electron chi connectivity index (χ4n) is 3.11. The molecule has 104 valence electrons. The highest BCUT2D eigenvalue weighted by molar-refractivity contribution is 5.56. The van der Waals surface area contributed by atoms with Gasteiger partial charge in [-0.25, -0.2) is 0 Å². The fraction of sp³-hybridized carbons (Fsp3) is 0.333. The quantitative estimate of drug-likeness (QED) is 0.833. The Labute approximate surface area is 121 Å². The lowest BCUT2D eigenvalue weighted by molar-refractivity contribution is 0.579. The molecule has 20 heavy (non-hydrogen) atoms. The molecule has 3 rings (SSSR count). The van der Waals surface area contributed by atoms with Crippen LogP contribution in [0.2, 0.25) is 0 Å². The maximum absolute atomic E-state index is 5.92. The van der Waals surface area contributed by atoms with Gasteiger partial charge in [0.2, 0.25) is 0 Å². The lowest BCUT2D eigenvalue weighted by Crippen LogP contribution is -2.34. The Kier molecular flexibility index (Phi) is 3.64. The number of hydrogen-bond acceptors (Lipinski definition) is 2. The number of benzene rings is 2. The van der Waals surface area contributed by atoms with Crippen molar-refractivity contribution in [3.8, 4) is 0 Å². The molecule has 1 atom stereocenters. The van der Waals surface area contributed by atoms with Gasteiger partial charge in [-0.2, -0.15) is 0 Å². The molecule has 0 bridgehead atoms. The van der Waals surface area contributed by atoms with E-state index in [1.165, 1.54) is 23.2 Å². The van der Waals surface area contributed by atoms with E-state index in [2.05, 4.69) is 48.2 Å². The number of nitrogen functional groups attached to an aromatic ring is 1. The monoisotopic (exact) mass is 266 g/mol. The SMILES string of the molecule is CCCN(CC1Cc2ccccc21)c1cccc(N)c1. The predicted octanol–water partition coefficient (Wildman–Crippen LogP) is 3.83. The first-order chi connectivity index (χ1) is 9.78. The summed E-state index contributed by atoms with van der Waals surface area (Å²) in [6, 6.07) is 17.0. The summed E-state index contributed by atoms with van der Waals surface area (Å²) in [4.78, 5) is 2.47. The molecule has 0 radical (unpaired) electrons. The van der Waals surface area contributed by atoms with E-state index in [1.54, 1.807) is 0 Å². The van der Waals surface area contributed by atoms with Crippen LogP contribution in [0, 0.1) is 0 Å². The van der Waals surface area contributed by atoms with Gasteiger partial charge in [-0.1, -0.05) is 37.3 Å². The molecule has 0 saturated heterocycles. The second kappa shape index (κ2) is 5.58. The summed E-state index contributed by atoms with van der Waals surface area (Å²) in [5.74, 6) is 0.666. The van der Waals surface area contributed by atoms with Gasteiger partial charge in [0.05, 0.1) is 0 Å². The molecule has 0 aromatic heterocycles. The van der Waals surface area contributed by atoms with Gasteiger partial charge in [0, 0.05) is 30.4 Å². The summed E-state index contributed by atoms with van der Waals surface area (Å²) in [5, 5.41) is 0. The summed E-state index contributed by atoms with van der Waals surface area (Å²) in [7, 11) is 0. The van der Waals surface area contributed by atoms with Crippen molar-refractivity contribution < 1.29 is 0 Å². The van der Waals surface area contributed by atoms with Crippen LogP contribution in [0.4, 0.5) is 11.4 Å². The average Bonchev–Trinajstić information content (AvgIpc) is 2.43. The molecule has 0 heterocycles. The number of hydrogen-bond donors (Lipinski definition) is 1. The van der Waals surface area contributed by atoms with Gasteiger partial charge in [-0.15, -0.1) is 0 Å². The zero-order chi connectivity index (χ0) is 13.9. The van der Waals surface area contributed by atoms with E-state index in [-0.39, 0.29) is 0 Å². The number of nitrogens with zero attached hydrogens (tertiary/aromatic N) is 1. The highest BCUT2D eigenvalue weighted by Crippen LogP contribution is 2.36. The number of rotatable bonds is 5. The first kappa shape index (κ1) is 13.0. The van der Waals surface area contributed by atoms with Crippen molar-refractivity contribution in [1.29, 1.82) is 0 Å². The number of fused-ring (bicyclic) bond motifs is 1. The smallest absolute Gasteiger partial charge is 0.0387 e. The third kappa shape index (κ3) is 2.51. The van der Waals surface area contributed by atoms with Gasteiger partial charge < -0.3 is 10.6 Å². The average molecular weight is 266 g/mol. The van der Waals surface area contributed by atoms with Gasteiger partial charge in [0.25, 0.3) is 0 Å². The molecule has 0 saturated carbocycles. The van der Waals surface area contributed by atoms with Crippen LogP contribution in [0.3, 0.4) is 0 Å². The maximum Gasteiger partial charge on any atom is 0.0387 e. The largest absolute Gasteiger partial charge is 0.399 e. The number of anilines is 2. The Hall–Kier alpha value is -1.96. The van der Waals surface area contributed by atoms with Crippen molar-refractivity contribution in [2.45, 2.75) is 25.7 Å². The molecule has 0 amide bonds. The van der Waals surface area contributed by atoms with E-state index in [9.17, 15) is 0 Å². The molecule has 1 aliphatic carbocycles. The van der Waals surface area contributed by atoms with Gasteiger partial charge in [0.1, 0.15) is 0 Å². The Bertz CT molecular complexity index is 591. The van der Waals surface area contributed by atoms with Gasteiger partial charge in [-0.05, 0) is 42.2 Å². The van der Waals surface area contributed by atoms with Crippen LogP contribution in [0.1, 0.15) is 30.4 Å². The van der Waals surface area contributed by atoms with E-state index >= 15 is 0 Å². The van der Waals surface area contributed by atoms with E-state index in [0.29, 0.717) is 5.92 Å². The lowest BCUT2D eigenvalue weighted by atomic mass is 9.77.